The number of rotatable bonds is 6. The van der Waals surface area contributed by atoms with E-state index >= 15 is 0 Å². The third-order valence-corrected chi connectivity index (χ3v) is 1.56. The number of hydrogen-bond donors (Lipinski definition) is 1. The van der Waals surface area contributed by atoms with Crippen LogP contribution in [0.1, 0.15) is 13.3 Å². The Bertz CT molecular complexity index is 170. The molecule has 0 spiro atoms. The molecule has 12 heavy (non-hydrogen) atoms. The Labute approximate surface area is 76.0 Å². The Morgan fingerprint density at radius 2 is 2.33 bits per heavy atom. The van der Waals surface area contributed by atoms with Gasteiger partial charge in [0, 0.05) is 5.75 Å². The molecule has 0 saturated carbocycles. The van der Waals surface area contributed by atoms with E-state index in [1.165, 1.54) is 11.8 Å². The Morgan fingerprint density at radius 1 is 1.67 bits per heavy atom. The Balaban J connectivity index is 3.90. The fourth-order valence-electron chi connectivity index (χ4n) is 0.479. The van der Waals surface area contributed by atoms with E-state index in [-0.39, 0.29) is 5.71 Å². The second-order valence-corrected chi connectivity index (χ2v) is 2.98. The summed E-state index contributed by atoms with van der Waals surface area (Å²) in [4.78, 5) is 15.2. The molecule has 0 aliphatic heterocycles. The van der Waals surface area contributed by atoms with Crippen molar-refractivity contribution in [2.45, 2.75) is 13.3 Å². The summed E-state index contributed by atoms with van der Waals surface area (Å²) in [5.74, 6) is -0.639. The van der Waals surface area contributed by atoms with Crippen LogP contribution in [0.4, 0.5) is 0 Å². The molecule has 0 aliphatic carbocycles. The number of carboxylic acids is 1. The number of nitrogens with zero attached hydrogens (tertiary/aromatic N) is 1. The summed E-state index contributed by atoms with van der Waals surface area (Å²) >= 11 is 1.40. The summed E-state index contributed by atoms with van der Waals surface area (Å²) in [6, 6.07) is 0. The third kappa shape index (κ3) is 5.01. The average Bonchev–Trinajstić information content (AvgIpc) is 2.03. The van der Waals surface area contributed by atoms with Crippen LogP contribution in [0.15, 0.2) is 5.16 Å². The molecule has 0 aromatic heterocycles. The number of hydrogen-bond acceptors (Lipinski definition) is 4. The zero-order chi connectivity index (χ0) is 9.40. The van der Waals surface area contributed by atoms with Gasteiger partial charge in [-0.05, 0) is 12.7 Å². The SMILES string of the molecule is CCCON=C(CSC)C(=O)O. The molecule has 4 nitrogen and oxygen atoms in total. The summed E-state index contributed by atoms with van der Waals surface area (Å²) in [7, 11) is 0. The van der Waals surface area contributed by atoms with Crippen molar-refractivity contribution in [3.8, 4) is 0 Å². The van der Waals surface area contributed by atoms with Crippen molar-refractivity contribution in [3.63, 3.8) is 0 Å². The van der Waals surface area contributed by atoms with Gasteiger partial charge in [0.2, 0.25) is 0 Å². The third-order valence-electron chi connectivity index (χ3n) is 0.998. The molecular weight excluding hydrogens is 178 g/mol. The fourth-order valence-corrected chi connectivity index (χ4v) is 0.928. The topological polar surface area (TPSA) is 58.9 Å². The zero-order valence-corrected chi connectivity index (χ0v) is 8.06. The number of thioether (sulfide) groups is 1. The van der Waals surface area contributed by atoms with Crippen molar-refractivity contribution in [1.82, 2.24) is 0 Å². The smallest absolute Gasteiger partial charge is 0.354 e. The molecular formula is C7H13NO3S. The Morgan fingerprint density at radius 3 is 2.75 bits per heavy atom. The summed E-state index contributed by atoms with van der Waals surface area (Å²) in [5, 5.41) is 12.1. The van der Waals surface area contributed by atoms with Gasteiger partial charge >= 0.3 is 5.97 Å². The molecule has 0 heterocycles. The van der Waals surface area contributed by atoms with Crippen molar-refractivity contribution in [2.24, 2.45) is 5.16 Å². The van der Waals surface area contributed by atoms with Crippen LogP contribution in [-0.2, 0) is 9.63 Å². The molecule has 0 rings (SSSR count). The van der Waals surface area contributed by atoms with E-state index in [0.717, 1.165) is 6.42 Å². The molecule has 0 atom stereocenters. The van der Waals surface area contributed by atoms with Gasteiger partial charge in [-0.3, -0.25) is 0 Å². The van der Waals surface area contributed by atoms with Crippen molar-refractivity contribution in [3.05, 3.63) is 0 Å². The highest BCUT2D eigenvalue weighted by atomic mass is 32.2. The van der Waals surface area contributed by atoms with Gasteiger partial charge in [-0.2, -0.15) is 11.8 Å². The zero-order valence-electron chi connectivity index (χ0n) is 7.24. The van der Waals surface area contributed by atoms with Gasteiger partial charge in [0.05, 0.1) is 0 Å². The largest absolute Gasteiger partial charge is 0.477 e. The lowest BCUT2D eigenvalue weighted by molar-refractivity contribution is -0.129. The molecule has 0 saturated heterocycles. The van der Waals surface area contributed by atoms with Crippen LogP contribution >= 0.6 is 11.8 Å². The van der Waals surface area contributed by atoms with Crippen LogP contribution in [0.2, 0.25) is 0 Å². The first-order valence-electron chi connectivity index (χ1n) is 3.63. The highest BCUT2D eigenvalue weighted by Gasteiger charge is 2.08. The van der Waals surface area contributed by atoms with Gasteiger partial charge in [0.15, 0.2) is 5.71 Å². The number of aliphatic carboxylic acids is 1. The minimum Gasteiger partial charge on any atom is -0.477 e. The maximum atomic E-state index is 10.5. The molecule has 0 aromatic carbocycles. The summed E-state index contributed by atoms with van der Waals surface area (Å²) in [5.41, 5.74) is 0.0657. The summed E-state index contributed by atoms with van der Waals surface area (Å²) < 4.78 is 0. The first-order valence-corrected chi connectivity index (χ1v) is 5.02. The van der Waals surface area contributed by atoms with Crippen LogP contribution < -0.4 is 0 Å². The second-order valence-electron chi connectivity index (χ2n) is 2.11. The normalized spacial score (nSPS) is 11.3. The molecule has 0 fully saturated rings. The van der Waals surface area contributed by atoms with Gasteiger partial charge in [-0.25, -0.2) is 4.79 Å². The van der Waals surface area contributed by atoms with Crippen LogP contribution in [-0.4, -0.2) is 35.4 Å². The first-order chi connectivity index (χ1) is 5.72. The van der Waals surface area contributed by atoms with Gasteiger partial charge < -0.3 is 9.94 Å². The maximum absolute atomic E-state index is 10.5. The molecule has 70 valence electrons. The van der Waals surface area contributed by atoms with Gasteiger partial charge in [0.25, 0.3) is 0 Å². The van der Waals surface area contributed by atoms with Crippen molar-refractivity contribution in [1.29, 1.82) is 0 Å². The van der Waals surface area contributed by atoms with Gasteiger partial charge in [-0.1, -0.05) is 12.1 Å². The van der Waals surface area contributed by atoms with E-state index < -0.39 is 5.97 Å². The molecule has 1 N–H and O–H groups in total. The van der Waals surface area contributed by atoms with Crippen molar-refractivity contribution < 1.29 is 14.7 Å². The predicted molar refractivity (Wildman–Crippen MR) is 49.7 cm³/mol. The lowest BCUT2D eigenvalue weighted by Crippen LogP contribution is -2.16. The standard InChI is InChI=1S/C7H13NO3S/c1-3-4-11-8-6(5-12-2)7(9)10/h3-5H2,1-2H3,(H,9,10). The van der Waals surface area contributed by atoms with Crippen LogP contribution in [0, 0.1) is 0 Å². The minimum absolute atomic E-state index is 0.0657. The molecule has 0 bridgehead atoms. The highest BCUT2D eigenvalue weighted by Crippen LogP contribution is 1.95. The maximum Gasteiger partial charge on any atom is 0.354 e. The van der Waals surface area contributed by atoms with Crippen molar-refractivity contribution in [2.75, 3.05) is 18.6 Å². The molecule has 0 aliphatic rings. The predicted octanol–water partition coefficient (Wildman–Crippen LogP) is 1.22. The molecule has 0 aromatic rings. The lowest BCUT2D eigenvalue weighted by Gasteiger charge is -1.98. The average molecular weight is 191 g/mol. The molecule has 0 amide bonds. The Hall–Kier alpha value is -0.710. The molecule has 0 unspecified atom stereocenters. The van der Waals surface area contributed by atoms with Gasteiger partial charge in [-0.15, -0.1) is 0 Å². The Kier molecular flexibility index (Phi) is 6.55. The number of carboxylic acid groups (broad SMARTS) is 1. The quantitative estimate of drug-likeness (QED) is 0.389. The molecule has 5 heteroatoms. The first kappa shape index (κ1) is 11.3. The van der Waals surface area contributed by atoms with E-state index in [1.807, 2.05) is 13.2 Å². The highest BCUT2D eigenvalue weighted by molar-refractivity contribution is 7.99. The number of oxime groups is 1. The fraction of sp³-hybridized carbons (Fsp3) is 0.714. The number of carbonyl (C=O) groups is 1. The lowest BCUT2D eigenvalue weighted by atomic mass is 10.4. The van der Waals surface area contributed by atoms with E-state index in [1.54, 1.807) is 0 Å². The van der Waals surface area contributed by atoms with Gasteiger partial charge in [0.1, 0.15) is 6.61 Å². The van der Waals surface area contributed by atoms with E-state index in [4.69, 9.17) is 9.94 Å². The molecule has 0 radical (unpaired) electrons. The second kappa shape index (κ2) is 6.97. The van der Waals surface area contributed by atoms with Crippen molar-refractivity contribution >= 4 is 23.4 Å². The van der Waals surface area contributed by atoms with Crippen LogP contribution in [0.25, 0.3) is 0 Å². The van der Waals surface area contributed by atoms with E-state index in [0.29, 0.717) is 12.4 Å². The summed E-state index contributed by atoms with van der Waals surface area (Å²) in [6.07, 6.45) is 2.65. The van der Waals surface area contributed by atoms with E-state index in [2.05, 4.69) is 5.16 Å². The monoisotopic (exact) mass is 191 g/mol. The van der Waals surface area contributed by atoms with Crippen LogP contribution in [0.3, 0.4) is 0 Å². The minimum atomic E-state index is -1.01. The van der Waals surface area contributed by atoms with E-state index in [9.17, 15) is 4.79 Å². The summed E-state index contributed by atoms with van der Waals surface area (Å²) in [6.45, 7) is 2.40. The van der Waals surface area contributed by atoms with Crippen LogP contribution in [0.5, 0.6) is 0 Å².